The fourth-order valence-corrected chi connectivity index (χ4v) is 3.86. The van der Waals surface area contributed by atoms with Crippen molar-refractivity contribution >= 4 is 29.0 Å². The molecule has 0 bridgehead atoms. The van der Waals surface area contributed by atoms with Crippen LogP contribution < -0.4 is 5.32 Å². The number of hydrogen-bond acceptors (Lipinski definition) is 3. The summed E-state index contributed by atoms with van der Waals surface area (Å²) in [6.07, 6.45) is 6.04. The van der Waals surface area contributed by atoms with Gasteiger partial charge >= 0.3 is 0 Å². The minimum atomic E-state index is -0.00692. The van der Waals surface area contributed by atoms with Crippen LogP contribution in [0.1, 0.15) is 18.4 Å². The monoisotopic (exact) mass is 238 g/mol. The summed E-state index contributed by atoms with van der Waals surface area (Å²) in [5.41, 5.74) is 1.28. The maximum Gasteiger partial charge on any atom is 0.0959 e. The second kappa shape index (κ2) is 4.49. The molecule has 0 saturated carbocycles. The van der Waals surface area contributed by atoms with Gasteiger partial charge in [0.15, 0.2) is 0 Å². The van der Waals surface area contributed by atoms with Crippen molar-refractivity contribution < 1.29 is 0 Å². The van der Waals surface area contributed by atoms with E-state index >= 15 is 0 Å². The number of rotatable bonds is 2. The summed E-state index contributed by atoms with van der Waals surface area (Å²) in [4.78, 5) is 5.00. The lowest BCUT2D eigenvalue weighted by molar-refractivity contribution is 0.731. The van der Waals surface area contributed by atoms with Gasteiger partial charge in [-0.05, 0) is 36.3 Å². The van der Waals surface area contributed by atoms with Crippen LogP contribution in [0.4, 0.5) is 0 Å². The Morgan fingerprint density at radius 1 is 1.53 bits per heavy atom. The average molecular weight is 238 g/mol. The predicted molar refractivity (Wildman–Crippen MR) is 69.3 cm³/mol. The second-order valence-electron chi connectivity index (χ2n) is 3.59. The first-order chi connectivity index (χ1) is 7.29. The molecule has 1 fully saturated rings. The Hall–Kier alpha value is -0.610. The van der Waals surface area contributed by atoms with E-state index in [0.717, 1.165) is 11.4 Å². The van der Waals surface area contributed by atoms with Gasteiger partial charge in [0.25, 0.3) is 0 Å². The number of thiocarbonyl (C=S) groups is 1. The fraction of sp³-hybridized carbons (Fsp3) is 0.455. The number of hydrogen-bond donors (Lipinski definition) is 1. The molecule has 1 aromatic heterocycles. The maximum absolute atomic E-state index is 5.46. The molecule has 1 aliphatic rings. The van der Waals surface area contributed by atoms with E-state index in [9.17, 15) is 0 Å². The van der Waals surface area contributed by atoms with Crippen molar-refractivity contribution in [3.63, 3.8) is 0 Å². The van der Waals surface area contributed by atoms with Crippen LogP contribution in [0.25, 0.3) is 0 Å². The Balaban J connectivity index is 2.39. The van der Waals surface area contributed by atoms with Crippen molar-refractivity contribution in [2.75, 3.05) is 12.8 Å². The lowest BCUT2D eigenvalue weighted by Crippen LogP contribution is -2.37. The smallest absolute Gasteiger partial charge is 0.0959 e. The minimum absolute atomic E-state index is 0.00692. The Morgan fingerprint density at radius 3 is 2.80 bits per heavy atom. The first-order valence-electron chi connectivity index (χ1n) is 5.06. The zero-order chi connectivity index (χ0) is 10.7. The molecule has 2 heterocycles. The zero-order valence-corrected chi connectivity index (χ0v) is 10.3. The Bertz CT molecular complexity index is 345. The Morgan fingerprint density at radius 2 is 2.27 bits per heavy atom. The highest BCUT2D eigenvalue weighted by Gasteiger charge is 2.40. The van der Waals surface area contributed by atoms with Gasteiger partial charge in [0.1, 0.15) is 0 Å². The standard InChI is InChI=1S/C11H14N2S2/c1-12-10(14)11(5-2-8-15-11)9-3-6-13-7-4-9/h3-4,6-7H,2,5,8H2,1H3,(H,12,14). The number of thioether (sulfide) groups is 1. The first kappa shape index (κ1) is 10.9. The summed E-state index contributed by atoms with van der Waals surface area (Å²) in [5.74, 6) is 1.18. The highest BCUT2D eigenvalue weighted by Crippen LogP contribution is 2.47. The predicted octanol–water partition coefficient (Wildman–Crippen LogP) is 2.35. The molecule has 2 rings (SSSR count). The van der Waals surface area contributed by atoms with E-state index in [4.69, 9.17) is 12.2 Å². The molecule has 1 unspecified atom stereocenters. The second-order valence-corrected chi connectivity index (χ2v) is 5.40. The molecule has 1 saturated heterocycles. The van der Waals surface area contributed by atoms with Crippen molar-refractivity contribution in [1.29, 1.82) is 0 Å². The molecular weight excluding hydrogens is 224 g/mol. The summed E-state index contributed by atoms with van der Waals surface area (Å²) in [6, 6.07) is 4.14. The van der Waals surface area contributed by atoms with E-state index < -0.39 is 0 Å². The number of nitrogens with one attached hydrogen (secondary N) is 1. The van der Waals surface area contributed by atoms with E-state index in [-0.39, 0.29) is 4.75 Å². The summed E-state index contributed by atoms with van der Waals surface area (Å²) >= 11 is 7.40. The van der Waals surface area contributed by atoms with E-state index in [1.165, 1.54) is 17.7 Å². The molecule has 0 spiro atoms. The van der Waals surface area contributed by atoms with Gasteiger partial charge in [-0.2, -0.15) is 0 Å². The van der Waals surface area contributed by atoms with Crippen LogP contribution in [0.2, 0.25) is 0 Å². The Kier molecular flexibility index (Phi) is 3.26. The van der Waals surface area contributed by atoms with Crippen LogP contribution in [0.3, 0.4) is 0 Å². The molecule has 1 atom stereocenters. The van der Waals surface area contributed by atoms with Crippen molar-refractivity contribution in [3.8, 4) is 0 Å². The van der Waals surface area contributed by atoms with E-state index in [1.54, 1.807) is 0 Å². The molecule has 0 radical (unpaired) electrons. The van der Waals surface area contributed by atoms with Gasteiger partial charge < -0.3 is 5.32 Å². The quantitative estimate of drug-likeness (QED) is 0.800. The topological polar surface area (TPSA) is 24.9 Å². The third-order valence-electron chi connectivity index (χ3n) is 2.76. The molecule has 2 nitrogen and oxygen atoms in total. The fourth-order valence-electron chi connectivity index (χ4n) is 2.00. The van der Waals surface area contributed by atoms with E-state index in [1.807, 2.05) is 31.2 Å². The molecular formula is C11H14N2S2. The van der Waals surface area contributed by atoms with Crippen molar-refractivity contribution in [2.45, 2.75) is 17.6 Å². The summed E-state index contributed by atoms with van der Waals surface area (Å²) in [7, 11) is 1.91. The van der Waals surface area contributed by atoms with E-state index in [2.05, 4.69) is 22.4 Å². The Labute approximate surface area is 99.9 Å². The molecule has 1 aromatic rings. The maximum atomic E-state index is 5.46. The summed E-state index contributed by atoms with van der Waals surface area (Å²) < 4.78 is -0.00692. The number of nitrogens with zero attached hydrogens (tertiary/aromatic N) is 1. The molecule has 0 amide bonds. The van der Waals surface area contributed by atoms with Crippen LogP contribution in [0.15, 0.2) is 24.5 Å². The molecule has 15 heavy (non-hydrogen) atoms. The molecule has 4 heteroatoms. The van der Waals surface area contributed by atoms with Crippen LogP contribution in [-0.4, -0.2) is 22.8 Å². The van der Waals surface area contributed by atoms with Gasteiger partial charge in [0.05, 0.1) is 9.74 Å². The van der Waals surface area contributed by atoms with Crippen LogP contribution in [0, 0.1) is 0 Å². The first-order valence-corrected chi connectivity index (χ1v) is 6.45. The van der Waals surface area contributed by atoms with Crippen LogP contribution in [-0.2, 0) is 4.75 Å². The van der Waals surface area contributed by atoms with Gasteiger partial charge in [-0.1, -0.05) is 12.2 Å². The lowest BCUT2D eigenvalue weighted by atomic mass is 9.94. The number of aromatic nitrogens is 1. The van der Waals surface area contributed by atoms with Gasteiger partial charge in [-0.3, -0.25) is 4.98 Å². The highest BCUT2D eigenvalue weighted by molar-refractivity contribution is 8.02. The number of likely N-dealkylation sites (N-methyl/N-ethyl adjacent to an activating group) is 1. The van der Waals surface area contributed by atoms with Crippen molar-refractivity contribution in [3.05, 3.63) is 30.1 Å². The van der Waals surface area contributed by atoms with Crippen LogP contribution >= 0.6 is 24.0 Å². The molecule has 80 valence electrons. The average Bonchev–Trinajstić information content (AvgIpc) is 2.79. The molecule has 1 aliphatic heterocycles. The molecule has 0 aliphatic carbocycles. The van der Waals surface area contributed by atoms with Crippen LogP contribution in [0.5, 0.6) is 0 Å². The van der Waals surface area contributed by atoms with Gasteiger partial charge in [0.2, 0.25) is 0 Å². The SMILES string of the molecule is CNC(=S)C1(c2ccncc2)CCCS1. The molecule has 1 N–H and O–H groups in total. The third-order valence-corrected chi connectivity index (χ3v) is 5.07. The van der Waals surface area contributed by atoms with Gasteiger partial charge in [0, 0.05) is 19.4 Å². The third kappa shape index (κ3) is 1.88. The van der Waals surface area contributed by atoms with Crippen molar-refractivity contribution in [2.24, 2.45) is 0 Å². The number of pyridine rings is 1. The van der Waals surface area contributed by atoms with Gasteiger partial charge in [-0.25, -0.2) is 0 Å². The van der Waals surface area contributed by atoms with Gasteiger partial charge in [-0.15, -0.1) is 11.8 Å². The summed E-state index contributed by atoms with van der Waals surface area (Å²) in [5, 5.41) is 3.14. The lowest BCUT2D eigenvalue weighted by Gasteiger charge is -2.29. The van der Waals surface area contributed by atoms with E-state index in [0.29, 0.717) is 0 Å². The largest absolute Gasteiger partial charge is 0.381 e. The minimum Gasteiger partial charge on any atom is -0.381 e. The normalized spacial score (nSPS) is 25.1. The summed E-state index contributed by atoms with van der Waals surface area (Å²) in [6.45, 7) is 0. The zero-order valence-electron chi connectivity index (χ0n) is 8.69. The van der Waals surface area contributed by atoms with Crippen molar-refractivity contribution in [1.82, 2.24) is 10.3 Å². The highest BCUT2D eigenvalue weighted by atomic mass is 32.2. The molecule has 0 aromatic carbocycles.